The number of benzene rings is 3. The van der Waals surface area contributed by atoms with E-state index in [1.807, 2.05) is 36.4 Å². The fourth-order valence-corrected chi connectivity index (χ4v) is 4.29. The summed E-state index contributed by atoms with van der Waals surface area (Å²) in [5.41, 5.74) is 2.86. The monoisotopic (exact) mass is 421 g/mol. The summed E-state index contributed by atoms with van der Waals surface area (Å²) in [6, 6.07) is 21.6. The highest BCUT2D eigenvalue weighted by Crippen LogP contribution is 2.36. The number of phenols is 1. The number of aliphatic hydroxyl groups excluding tert-OH is 1. The summed E-state index contributed by atoms with van der Waals surface area (Å²) < 4.78 is 19.8. The Balaban J connectivity index is 1.59. The molecule has 3 atom stereocenters. The van der Waals surface area contributed by atoms with Crippen molar-refractivity contribution < 1.29 is 19.3 Å². The number of hydrogen-bond acceptors (Lipinski definition) is 4. The van der Waals surface area contributed by atoms with E-state index in [1.54, 1.807) is 24.3 Å². The van der Waals surface area contributed by atoms with Crippen LogP contribution in [0.5, 0.6) is 11.5 Å². The first-order valence-electron chi connectivity index (χ1n) is 10.8. The number of rotatable bonds is 6. The lowest BCUT2D eigenvalue weighted by atomic mass is 9.91. The third-order valence-corrected chi connectivity index (χ3v) is 5.92. The zero-order valence-corrected chi connectivity index (χ0v) is 17.6. The van der Waals surface area contributed by atoms with Crippen molar-refractivity contribution in [3.05, 3.63) is 84.2 Å². The predicted molar refractivity (Wildman–Crippen MR) is 119 cm³/mol. The zero-order valence-electron chi connectivity index (χ0n) is 17.6. The highest BCUT2D eigenvalue weighted by Gasteiger charge is 2.34. The molecule has 0 radical (unpaired) electrons. The molecule has 1 aliphatic rings. The molecule has 5 heteroatoms. The van der Waals surface area contributed by atoms with Gasteiger partial charge >= 0.3 is 0 Å². The van der Waals surface area contributed by atoms with Gasteiger partial charge in [0.2, 0.25) is 0 Å². The predicted octanol–water partition coefficient (Wildman–Crippen LogP) is 5.51. The van der Waals surface area contributed by atoms with Crippen LogP contribution in [0.2, 0.25) is 0 Å². The van der Waals surface area contributed by atoms with Crippen LogP contribution in [-0.2, 0) is 0 Å². The van der Waals surface area contributed by atoms with Gasteiger partial charge in [-0.3, -0.25) is 4.90 Å². The molecule has 0 unspecified atom stereocenters. The lowest BCUT2D eigenvalue weighted by Gasteiger charge is -2.42. The van der Waals surface area contributed by atoms with Gasteiger partial charge in [0, 0.05) is 12.6 Å². The van der Waals surface area contributed by atoms with Crippen LogP contribution in [0.25, 0.3) is 11.1 Å². The van der Waals surface area contributed by atoms with Gasteiger partial charge in [-0.2, -0.15) is 0 Å². The number of aliphatic hydroxyl groups is 1. The lowest BCUT2D eigenvalue weighted by Crippen LogP contribution is -2.47. The molecule has 4 nitrogen and oxygen atoms in total. The van der Waals surface area contributed by atoms with E-state index in [1.165, 1.54) is 12.1 Å². The highest BCUT2D eigenvalue weighted by molar-refractivity contribution is 5.63. The number of ether oxygens (including phenoxy) is 1. The molecule has 0 aliphatic carbocycles. The van der Waals surface area contributed by atoms with Crippen molar-refractivity contribution in [3.8, 4) is 22.6 Å². The Morgan fingerprint density at radius 3 is 2.52 bits per heavy atom. The van der Waals surface area contributed by atoms with Crippen LogP contribution in [0.1, 0.15) is 37.8 Å². The number of nitrogens with zero attached hydrogens (tertiary/aromatic N) is 1. The molecular weight excluding hydrogens is 393 g/mol. The summed E-state index contributed by atoms with van der Waals surface area (Å²) in [5.74, 6) is 0.324. The number of halogens is 1. The standard InChI is InChI=1S/C26H28FNO3/c1-2-26(31-25-9-4-3-8-24(25)30)28-15-14-22(29)17-23(28)19-12-10-18(11-13-19)20-6-5-7-21(27)16-20/h3-13,16,22-23,26,29-30H,2,14-15,17H2,1H3/t22-,23-,26-/m1/s1. The number of phenolic OH excluding ortho intramolecular Hbond substituents is 1. The van der Waals surface area contributed by atoms with Crippen molar-refractivity contribution in [1.29, 1.82) is 0 Å². The topological polar surface area (TPSA) is 52.9 Å². The Kier molecular flexibility index (Phi) is 6.54. The molecule has 1 heterocycles. The van der Waals surface area contributed by atoms with Crippen molar-refractivity contribution in [2.45, 2.75) is 44.6 Å². The fraction of sp³-hybridized carbons (Fsp3) is 0.308. The molecule has 0 bridgehead atoms. The second kappa shape index (κ2) is 9.50. The van der Waals surface area contributed by atoms with Crippen LogP contribution in [0.4, 0.5) is 4.39 Å². The molecular formula is C26H28FNO3. The van der Waals surface area contributed by atoms with E-state index in [2.05, 4.69) is 11.8 Å². The van der Waals surface area contributed by atoms with Crippen LogP contribution in [0.15, 0.2) is 72.8 Å². The number of hydrogen-bond donors (Lipinski definition) is 2. The largest absolute Gasteiger partial charge is 0.504 e. The van der Waals surface area contributed by atoms with E-state index in [9.17, 15) is 14.6 Å². The molecule has 1 fully saturated rings. The molecule has 0 spiro atoms. The van der Waals surface area contributed by atoms with Crippen LogP contribution >= 0.6 is 0 Å². The molecule has 1 saturated heterocycles. The third kappa shape index (κ3) is 4.89. The molecule has 3 aromatic carbocycles. The quantitative estimate of drug-likeness (QED) is 0.551. The van der Waals surface area contributed by atoms with Gasteiger partial charge in [0.15, 0.2) is 17.7 Å². The SMILES string of the molecule is CC[C@@H](Oc1ccccc1O)N1CC[C@@H](O)C[C@@H]1c1ccc(-c2cccc(F)c2)cc1. The van der Waals surface area contributed by atoms with E-state index in [0.717, 1.165) is 23.1 Å². The van der Waals surface area contributed by atoms with Gasteiger partial charge in [-0.1, -0.05) is 55.5 Å². The van der Waals surface area contributed by atoms with Gasteiger partial charge in [0.25, 0.3) is 0 Å². The van der Waals surface area contributed by atoms with Crippen LogP contribution in [0, 0.1) is 5.82 Å². The van der Waals surface area contributed by atoms with E-state index in [-0.39, 0.29) is 29.9 Å². The molecule has 0 amide bonds. The van der Waals surface area contributed by atoms with Crippen LogP contribution in [0.3, 0.4) is 0 Å². The summed E-state index contributed by atoms with van der Waals surface area (Å²) in [6.45, 7) is 2.75. The number of piperidine rings is 1. The Morgan fingerprint density at radius 1 is 1.03 bits per heavy atom. The second-order valence-electron chi connectivity index (χ2n) is 8.01. The molecule has 1 aliphatic heterocycles. The summed E-state index contributed by atoms with van der Waals surface area (Å²) in [5, 5.41) is 20.5. The van der Waals surface area contributed by atoms with Crippen molar-refractivity contribution in [2.75, 3.05) is 6.54 Å². The highest BCUT2D eigenvalue weighted by atomic mass is 19.1. The normalized spacial score (nSPS) is 20.4. The molecule has 3 aromatic rings. The van der Waals surface area contributed by atoms with E-state index < -0.39 is 0 Å². The van der Waals surface area contributed by atoms with Crippen molar-refractivity contribution in [3.63, 3.8) is 0 Å². The Hall–Kier alpha value is -2.89. The minimum Gasteiger partial charge on any atom is -0.504 e. The number of aromatic hydroxyl groups is 1. The summed E-state index contributed by atoms with van der Waals surface area (Å²) in [7, 11) is 0. The fourth-order valence-electron chi connectivity index (χ4n) is 4.29. The van der Waals surface area contributed by atoms with Gasteiger partial charge in [0.1, 0.15) is 5.82 Å². The van der Waals surface area contributed by atoms with Crippen molar-refractivity contribution in [2.24, 2.45) is 0 Å². The zero-order chi connectivity index (χ0) is 21.8. The van der Waals surface area contributed by atoms with Crippen LogP contribution < -0.4 is 4.74 Å². The summed E-state index contributed by atoms with van der Waals surface area (Å²) in [6.07, 6.45) is 1.43. The van der Waals surface area contributed by atoms with Gasteiger partial charge < -0.3 is 14.9 Å². The molecule has 0 saturated carbocycles. The molecule has 0 aromatic heterocycles. The Bertz CT molecular complexity index is 1010. The van der Waals surface area contributed by atoms with Gasteiger partial charge in [0.05, 0.1) is 6.10 Å². The van der Waals surface area contributed by atoms with E-state index in [4.69, 9.17) is 4.74 Å². The Labute approximate surface area is 182 Å². The smallest absolute Gasteiger partial charge is 0.163 e. The average molecular weight is 422 g/mol. The van der Waals surface area contributed by atoms with Gasteiger partial charge in [-0.05, 0) is 60.2 Å². The maximum Gasteiger partial charge on any atom is 0.163 e. The van der Waals surface area contributed by atoms with Crippen molar-refractivity contribution >= 4 is 0 Å². The lowest BCUT2D eigenvalue weighted by molar-refractivity contribution is -0.0563. The number of likely N-dealkylation sites (tertiary alicyclic amines) is 1. The minimum atomic E-state index is -0.369. The van der Waals surface area contributed by atoms with E-state index in [0.29, 0.717) is 25.1 Å². The molecule has 162 valence electrons. The molecule has 4 rings (SSSR count). The molecule has 31 heavy (non-hydrogen) atoms. The summed E-state index contributed by atoms with van der Waals surface area (Å²) in [4.78, 5) is 2.26. The average Bonchev–Trinajstić information content (AvgIpc) is 2.79. The second-order valence-corrected chi connectivity index (χ2v) is 8.01. The van der Waals surface area contributed by atoms with Crippen LogP contribution in [-0.4, -0.2) is 34.0 Å². The van der Waals surface area contributed by atoms with Crippen molar-refractivity contribution in [1.82, 2.24) is 4.90 Å². The van der Waals surface area contributed by atoms with Gasteiger partial charge in [-0.15, -0.1) is 0 Å². The summed E-state index contributed by atoms with van der Waals surface area (Å²) >= 11 is 0. The number of para-hydroxylation sites is 2. The minimum absolute atomic E-state index is 0.0129. The van der Waals surface area contributed by atoms with Gasteiger partial charge in [-0.25, -0.2) is 4.39 Å². The maximum atomic E-state index is 13.6. The van der Waals surface area contributed by atoms with E-state index >= 15 is 0 Å². The third-order valence-electron chi connectivity index (χ3n) is 5.92. The maximum absolute atomic E-state index is 13.6. The first kappa shape index (κ1) is 21.3. The first-order valence-corrected chi connectivity index (χ1v) is 10.8. The Morgan fingerprint density at radius 2 is 1.81 bits per heavy atom. The first-order chi connectivity index (χ1) is 15.0. The molecule has 2 N–H and O–H groups in total.